The molecule has 1 atom stereocenters. The lowest BCUT2D eigenvalue weighted by molar-refractivity contribution is -0.122. The van der Waals surface area contributed by atoms with Crippen LogP contribution in [0.2, 0.25) is 0 Å². The van der Waals surface area contributed by atoms with Gasteiger partial charge in [-0.05, 0) is 51.7 Å². The van der Waals surface area contributed by atoms with E-state index in [0.717, 1.165) is 25.6 Å². The fraction of sp³-hybridized carbons (Fsp3) is 0.938. The highest BCUT2D eigenvalue weighted by Gasteiger charge is 2.17. The van der Waals surface area contributed by atoms with Gasteiger partial charge in [0.1, 0.15) is 0 Å². The molecule has 116 valence electrons. The Bertz CT molecular complexity index is 283. The molecular weight excluding hydrogens is 250 g/mol. The van der Waals surface area contributed by atoms with E-state index in [1.54, 1.807) is 0 Å². The molecule has 20 heavy (non-hydrogen) atoms. The van der Waals surface area contributed by atoms with Crippen LogP contribution in [-0.4, -0.2) is 50.1 Å². The van der Waals surface area contributed by atoms with Gasteiger partial charge in [-0.3, -0.25) is 4.79 Å². The molecule has 1 heterocycles. The Morgan fingerprint density at radius 1 is 1.20 bits per heavy atom. The molecule has 2 aliphatic rings. The predicted octanol–water partition coefficient (Wildman–Crippen LogP) is 1.76. The molecule has 1 saturated carbocycles. The molecule has 0 radical (unpaired) electrons. The van der Waals surface area contributed by atoms with Gasteiger partial charge in [0.25, 0.3) is 0 Å². The maximum Gasteiger partial charge on any atom is 0.221 e. The van der Waals surface area contributed by atoms with E-state index in [4.69, 9.17) is 0 Å². The van der Waals surface area contributed by atoms with Crippen molar-refractivity contribution in [3.8, 4) is 0 Å². The minimum absolute atomic E-state index is 0.241. The van der Waals surface area contributed by atoms with Crippen LogP contribution in [0.25, 0.3) is 0 Å². The molecule has 0 spiro atoms. The van der Waals surface area contributed by atoms with Crippen molar-refractivity contribution >= 4 is 5.91 Å². The Morgan fingerprint density at radius 3 is 2.70 bits per heavy atom. The second-order valence-corrected chi connectivity index (χ2v) is 6.63. The molecule has 0 aromatic rings. The van der Waals surface area contributed by atoms with Crippen LogP contribution in [0.3, 0.4) is 0 Å². The van der Waals surface area contributed by atoms with Crippen molar-refractivity contribution in [2.24, 2.45) is 5.92 Å². The predicted molar refractivity (Wildman–Crippen MR) is 82.7 cm³/mol. The number of amides is 1. The first-order valence-electron chi connectivity index (χ1n) is 8.42. The fourth-order valence-corrected chi connectivity index (χ4v) is 3.45. The summed E-state index contributed by atoms with van der Waals surface area (Å²) >= 11 is 0. The van der Waals surface area contributed by atoms with E-state index < -0.39 is 0 Å². The molecule has 0 aromatic carbocycles. The Hall–Kier alpha value is -0.610. The average molecular weight is 281 g/mol. The number of rotatable bonds is 6. The zero-order valence-corrected chi connectivity index (χ0v) is 13.0. The number of carbonyl (C=O) groups is 1. The molecule has 2 rings (SSSR count). The zero-order chi connectivity index (χ0) is 14.2. The first kappa shape index (κ1) is 15.8. The Morgan fingerprint density at radius 2 is 2.00 bits per heavy atom. The quantitative estimate of drug-likeness (QED) is 0.780. The SMILES string of the molecule is CN(CCC(=O)NC1CCCCC1)CC1CCCNC1. The van der Waals surface area contributed by atoms with E-state index in [1.807, 2.05) is 0 Å². The van der Waals surface area contributed by atoms with Crippen LogP contribution in [0.15, 0.2) is 0 Å². The van der Waals surface area contributed by atoms with E-state index >= 15 is 0 Å². The average Bonchev–Trinajstić information content (AvgIpc) is 2.47. The standard InChI is InChI=1S/C16H31N3O/c1-19(13-14-6-5-10-17-12-14)11-9-16(20)18-15-7-3-2-4-8-15/h14-15,17H,2-13H2,1H3,(H,18,20). The van der Waals surface area contributed by atoms with Gasteiger partial charge in [0.15, 0.2) is 0 Å². The van der Waals surface area contributed by atoms with Crippen molar-refractivity contribution in [1.29, 1.82) is 0 Å². The van der Waals surface area contributed by atoms with Crippen molar-refractivity contribution < 1.29 is 4.79 Å². The first-order chi connectivity index (χ1) is 9.74. The lowest BCUT2D eigenvalue weighted by Crippen LogP contribution is -2.40. The minimum atomic E-state index is 0.241. The van der Waals surface area contributed by atoms with E-state index in [-0.39, 0.29) is 5.91 Å². The van der Waals surface area contributed by atoms with Crippen LogP contribution >= 0.6 is 0 Å². The van der Waals surface area contributed by atoms with Gasteiger partial charge < -0.3 is 15.5 Å². The van der Waals surface area contributed by atoms with Crippen molar-refractivity contribution in [3.63, 3.8) is 0 Å². The van der Waals surface area contributed by atoms with Crippen LogP contribution in [0.4, 0.5) is 0 Å². The number of hydrogen-bond donors (Lipinski definition) is 2. The lowest BCUT2D eigenvalue weighted by atomic mass is 9.95. The lowest BCUT2D eigenvalue weighted by Gasteiger charge is -2.28. The molecule has 2 fully saturated rings. The summed E-state index contributed by atoms with van der Waals surface area (Å²) in [5.74, 6) is 1.00. The number of carbonyl (C=O) groups excluding carboxylic acids is 1. The van der Waals surface area contributed by atoms with Gasteiger partial charge in [-0.15, -0.1) is 0 Å². The molecule has 0 aromatic heterocycles. The molecule has 4 heteroatoms. The third-order valence-electron chi connectivity index (χ3n) is 4.66. The van der Waals surface area contributed by atoms with E-state index in [9.17, 15) is 4.79 Å². The third kappa shape index (κ3) is 5.80. The van der Waals surface area contributed by atoms with Gasteiger partial charge in [0.2, 0.25) is 5.91 Å². The normalized spacial score (nSPS) is 24.8. The maximum absolute atomic E-state index is 12.0. The van der Waals surface area contributed by atoms with Gasteiger partial charge in [-0.25, -0.2) is 0 Å². The number of nitrogens with one attached hydrogen (secondary N) is 2. The summed E-state index contributed by atoms with van der Waals surface area (Å²) in [6, 6.07) is 0.448. The summed E-state index contributed by atoms with van der Waals surface area (Å²) < 4.78 is 0. The molecule has 1 unspecified atom stereocenters. The molecular formula is C16H31N3O. The van der Waals surface area contributed by atoms with Crippen molar-refractivity contribution in [3.05, 3.63) is 0 Å². The zero-order valence-electron chi connectivity index (χ0n) is 13.0. The van der Waals surface area contributed by atoms with Gasteiger partial charge in [0.05, 0.1) is 0 Å². The summed E-state index contributed by atoms with van der Waals surface area (Å²) in [5, 5.41) is 6.65. The van der Waals surface area contributed by atoms with E-state index in [1.165, 1.54) is 51.5 Å². The second kappa shape index (κ2) is 8.63. The number of piperidine rings is 1. The Kier molecular flexibility index (Phi) is 6.80. The monoisotopic (exact) mass is 281 g/mol. The van der Waals surface area contributed by atoms with Crippen LogP contribution in [0.1, 0.15) is 51.4 Å². The highest BCUT2D eigenvalue weighted by molar-refractivity contribution is 5.76. The molecule has 2 N–H and O–H groups in total. The first-order valence-corrected chi connectivity index (χ1v) is 8.42. The largest absolute Gasteiger partial charge is 0.353 e. The van der Waals surface area contributed by atoms with Crippen LogP contribution in [-0.2, 0) is 4.79 Å². The van der Waals surface area contributed by atoms with Crippen molar-refractivity contribution in [2.75, 3.05) is 33.2 Å². The molecule has 1 saturated heterocycles. The Labute approximate surface area is 123 Å². The summed E-state index contributed by atoms with van der Waals surface area (Å²) in [6.45, 7) is 4.31. The molecule has 0 bridgehead atoms. The van der Waals surface area contributed by atoms with Gasteiger partial charge in [-0.2, -0.15) is 0 Å². The van der Waals surface area contributed by atoms with Gasteiger partial charge in [-0.1, -0.05) is 19.3 Å². The summed E-state index contributed by atoms with van der Waals surface area (Å²) in [6.07, 6.45) is 9.51. The van der Waals surface area contributed by atoms with E-state index in [0.29, 0.717) is 12.5 Å². The molecule has 1 aliphatic carbocycles. The fourth-order valence-electron chi connectivity index (χ4n) is 3.45. The van der Waals surface area contributed by atoms with Crippen LogP contribution < -0.4 is 10.6 Å². The maximum atomic E-state index is 12.0. The van der Waals surface area contributed by atoms with Crippen LogP contribution in [0, 0.1) is 5.92 Å². The molecule has 1 amide bonds. The summed E-state index contributed by atoms with van der Waals surface area (Å²) in [4.78, 5) is 14.3. The summed E-state index contributed by atoms with van der Waals surface area (Å²) in [5.41, 5.74) is 0. The topological polar surface area (TPSA) is 44.4 Å². The minimum Gasteiger partial charge on any atom is -0.353 e. The smallest absolute Gasteiger partial charge is 0.221 e. The van der Waals surface area contributed by atoms with Crippen molar-refractivity contribution in [2.45, 2.75) is 57.4 Å². The number of hydrogen-bond acceptors (Lipinski definition) is 3. The van der Waals surface area contributed by atoms with Crippen molar-refractivity contribution in [1.82, 2.24) is 15.5 Å². The molecule has 1 aliphatic heterocycles. The number of nitrogens with zero attached hydrogens (tertiary/aromatic N) is 1. The summed E-state index contributed by atoms with van der Waals surface area (Å²) in [7, 11) is 2.14. The second-order valence-electron chi connectivity index (χ2n) is 6.63. The highest BCUT2D eigenvalue weighted by Crippen LogP contribution is 2.17. The van der Waals surface area contributed by atoms with Crippen LogP contribution in [0.5, 0.6) is 0 Å². The van der Waals surface area contributed by atoms with Gasteiger partial charge in [0, 0.05) is 25.6 Å². The van der Waals surface area contributed by atoms with E-state index in [2.05, 4.69) is 22.6 Å². The Balaban J connectivity index is 1.57. The highest BCUT2D eigenvalue weighted by atomic mass is 16.1. The van der Waals surface area contributed by atoms with Gasteiger partial charge >= 0.3 is 0 Å². The molecule has 4 nitrogen and oxygen atoms in total. The third-order valence-corrected chi connectivity index (χ3v) is 4.66.